The molecule has 6 heteroatoms. The topological polar surface area (TPSA) is 71.1 Å². The van der Waals surface area contributed by atoms with Gasteiger partial charge in [-0.05, 0) is 70.1 Å². The highest BCUT2D eigenvalue weighted by molar-refractivity contribution is 5.67. The van der Waals surface area contributed by atoms with E-state index in [1.807, 2.05) is 53.7 Å². The second-order valence-electron chi connectivity index (χ2n) is 11.8. The monoisotopic (exact) mass is 436 g/mol. The molecule has 0 fully saturated rings. The molecule has 0 atom stereocenters. The van der Waals surface area contributed by atoms with Crippen LogP contribution in [0.15, 0.2) is 12.1 Å². The number of rotatable bonds is 3. The van der Waals surface area contributed by atoms with Crippen molar-refractivity contribution in [2.75, 3.05) is 0 Å². The molecular weight excluding hydrogens is 396 g/mol. The Bertz CT molecular complexity index is 760. The Morgan fingerprint density at radius 2 is 1.06 bits per heavy atom. The van der Waals surface area contributed by atoms with Crippen LogP contribution in [-0.2, 0) is 31.6 Å². The third-order valence-corrected chi connectivity index (χ3v) is 4.09. The van der Waals surface area contributed by atoms with Crippen LogP contribution >= 0.6 is 0 Å². The molecule has 0 spiro atoms. The lowest BCUT2D eigenvalue weighted by atomic mass is 9.78. The number of hydrogen-bond donors (Lipinski definition) is 0. The zero-order valence-corrected chi connectivity index (χ0v) is 21.3. The van der Waals surface area contributed by atoms with Crippen molar-refractivity contribution in [3.8, 4) is 5.75 Å². The zero-order valence-electron chi connectivity index (χ0n) is 21.3. The molecule has 1 aromatic carbocycles. The van der Waals surface area contributed by atoms with Crippen molar-refractivity contribution in [1.82, 2.24) is 0 Å². The maximum absolute atomic E-state index is 12.5. The van der Waals surface area contributed by atoms with E-state index in [4.69, 9.17) is 18.9 Å². The van der Waals surface area contributed by atoms with Gasteiger partial charge in [0.05, 0.1) is 0 Å². The molecule has 0 N–H and O–H groups in total. The highest BCUT2D eigenvalue weighted by Crippen LogP contribution is 2.41. The Hall–Kier alpha value is -2.24. The Labute approximate surface area is 187 Å². The van der Waals surface area contributed by atoms with Crippen LogP contribution in [0.4, 0.5) is 9.59 Å². The van der Waals surface area contributed by atoms with Crippen molar-refractivity contribution >= 4 is 12.3 Å². The maximum atomic E-state index is 12.5. The fourth-order valence-corrected chi connectivity index (χ4v) is 2.77. The van der Waals surface area contributed by atoms with E-state index in [1.54, 1.807) is 41.5 Å². The summed E-state index contributed by atoms with van der Waals surface area (Å²) in [5.41, 5.74) is 0.482. The van der Waals surface area contributed by atoms with Gasteiger partial charge in [0.1, 0.15) is 23.6 Å². The number of carbonyl (C=O) groups is 2. The Balaban J connectivity index is 3.40. The van der Waals surface area contributed by atoms with Crippen LogP contribution in [0.3, 0.4) is 0 Å². The Morgan fingerprint density at radius 3 is 1.42 bits per heavy atom. The molecule has 0 saturated carbocycles. The molecule has 0 bridgehead atoms. The normalized spacial score (nSPS) is 12.9. The van der Waals surface area contributed by atoms with Crippen molar-refractivity contribution in [3.63, 3.8) is 0 Å². The van der Waals surface area contributed by atoms with Gasteiger partial charge in [-0.3, -0.25) is 0 Å². The van der Waals surface area contributed by atoms with Crippen molar-refractivity contribution in [1.29, 1.82) is 0 Å². The van der Waals surface area contributed by atoms with Crippen molar-refractivity contribution in [3.05, 3.63) is 28.8 Å². The third-order valence-electron chi connectivity index (χ3n) is 4.09. The van der Waals surface area contributed by atoms with Gasteiger partial charge in [-0.25, -0.2) is 9.59 Å². The molecule has 1 aromatic rings. The largest absolute Gasteiger partial charge is 0.514 e. The minimum atomic E-state index is -0.749. The molecule has 0 aromatic heterocycles. The highest BCUT2D eigenvalue weighted by atomic mass is 16.7. The maximum Gasteiger partial charge on any atom is 0.514 e. The van der Waals surface area contributed by atoms with Crippen LogP contribution in [0.2, 0.25) is 0 Å². The van der Waals surface area contributed by atoms with Crippen LogP contribution in [-0.4, -0.2) is 23.5 Å². The predicted molar refractivity (Wildman–Crippen MR) is 122 cm³/mol. The lowest BCUT2D eigenvalue weighted by Crippen LogP contribution is -2.28. The lowest BCUT2D eigenvalue weighted by molar-refractivity contribution is -0.0108. The van der Waals surface area contributed by atoms with E-state index >= 15 is 0 Å². The van der Waals surface area contributed by atoms with Crippen LogP contribution in [0.5, 0.6) is 5.75 Å². The molecule has 1 rings (SSSR count). The molecule has 0 heterocycles. The van der Waals surface area contributed by atoms with E-state index in [2.05, 4.69) is 0 Å². The van der Waals surface area contributed by atoms with E-state index in [-0.39, 0.29) is 17.4 Å². The predicted octanol–water partition coefficient (Wildman–Crippen LogP) is 7.05. The van der Waals surface area contributed by atoms with E-state index in [9.17, 15) is 9.59 Å². The summed E-state index contributed by atoms with van der Waals surface area (Å²) >= 11 is 0. The van der Waals surface area contributed by atoms with Gasteiger partial charge in [-0.15, -0.1) is 0 Å². The molecule has 31 heavy (non-hydrogen) atoms. The first-order valence-electron chi connectivity index (χ1n) is 10.6. The second kappa shape index (κ2) is 9.09. The summed E-state index contributed by atoms with van der Waals surface area (Å²) in [6.45, 7) is 23.0. The highest BCUT2D eigenvalue weighted by Gasteiger charge is 2.31. The molecule has 0 saturated heterocycles. The van der Waals surface area contributed by atoms with Gasteiger partial charge in [0.2, 0.25) is 0 Å². The van der Waals surface area contributed by atoms with Gasteiger partial charge in [-0.1, -0.05) is 41.5 Å². The van der Waals surface area contributed by atoms with Crippen LogP contribution in [0, 0.1) is 0 Å². The molecule has 0 aliphatic carbocycles. The van der Waals surface area contributed by atoms with Gasteiger partial charge in [-0.2, -0.15) is 0 Å². The zero-order chi connectivity index (χ0) is 24.4. The van der Waals surface area contributed by atoms with Gasteiger partial charge in [0.25, 0.3) is 0 Å². The summed E-state index contributed by atoms with van der Waals surface area (Å²) in [7, 11) is 0. The van der Waals surface area contributed by atoms with E-state index in [1.165, 1.54) is 0 Å². The summed E-state index contributed by atoms with van der Waals surface area (Å²) < 4.78 is 21.7. The molecule has 0 amide bonds. The lowest BCUT2D eigenvalue weighted by Gasteiger charge is -2.30. The smallest absolute Gasteiger partial charge is 0.429 e. The number of benzene rings is 1. The molecule has 6 nitrogen and oxygen atoms in total. The van der Waals surface area contributed by atoms with Crippen molar-refractivity contribution < 1.29 is 28.5 Å². The third kappa shape index (κ3) is 9.19. The summed E-state index contributed by atoms with van der Waals surface area (Å²) in [5, 5.41) is 0. The Morgan fingerprint density at radius 1 is 0.677 bits per heavy atom. The molecule has 0 aliphatic heterocycles. The fraction of sp³-hybridized carbons (Fsp3) is 0.680. The summed E-state index contributed by atoms with van der Waals surface area (Å²) in [5.74, 6) is 0.482. The first-order chi connectivity index (χ1) is 13.7. The summed E-state index contributed by atoms with van der Waals surface area (Å²) in [6.07, 6.45) is -1.47. The minimum Gasteiger partial charge on any atom is -0.429 e. The molecule has 0 aliphatic rings. The van der Waals surface area contributed by atoms with Crippen molar-refractivity contribution in [2.24, 2.45) is 0 Å². The second-order valence-corrected chi connectivity index (χ2v) is 11.8. The van der Waals surface area contributed by atoms with Gasteiger partial charge in [0.15, 0.2) is 0 Å². The van der Waals surface area contributed by atoms with Gasteiger partial charge < -0.3 is 18.9 Å². The first kappa shape index (κ1) is 26.8. The first-order valence-corrected chi connectivity index (χ1v) is 10.6. The van der Waals surface area contributed by atoms with E-state index in [0.29, 0.717) is 5.75 Å². The molecule has 0 radical (unpaired) electrons. The average molecular weight is 437 g/mol. The number of hydrogen-bond acceptors (Lipinski definition) is 6. The minimum absolute atomic E-state index is 0.0494. The van der Waals surface area contributed by atoms with Gasteiger partial charge in [0, 0.05) is 11.1 Å². The van der Waals surface area contributed by atoms with E-state index in [0.717, 1.165) is 16.7 Å². The van der Waals surface area contributed by atoms with Gasteiger partial charge >= 0.3 is 12.3 Å². The quantitative estimate of drug-likeness (QED) is 0.373. The van der Waals surface area contributed by atoms with Crippen LogP contribution in [0.25, 0.3) is 0 Å². The molecule has 0 unspecified atom stereocenters. The summed E-state index contributed by atoms with van der Waals surface area (Å²) in [6, 6.07) is 3.80. The molecule has 176 valence electrons. The Kier molecular flexibility index (Phi) is 7.86. The fourth-order valence-electron chi connectivity index (χ4n) is 2.77. The van der Waals surface area contributed by atoms with Crippen LogP contribution < -0.4 is 4.74 Å². The molecular formula is C25H40O6. The van der Waals surface area contributed by atoms with Crippen LogP contribution in [0.1, 0.15) is 99.8 Å². The average Bonchev–Trinajstić information content (AvgIpc) is 2.47. The summed E-state index contributed by atoms with van der Waals surface area (Å²) in [4.78, 5) is 24.5. The SMILES string of the molecule is CC(C)(C)OC(=O)OCc1cc(C(C)(C)C)c(OC(=O)OC(C)(C)C)c(C(C)(C)C)c1. The number of ether oxygens (including phenoxy) is 4. The standard InChI is InChI=1S/C25H40O6/c1-22(2,3)17-13-16(15-28-20(26)30-24(7,8)9)14-18(23(4,5)6)19(17)29-21(27)31-25(10,11)12/h13-14H,15H2,1-12H3. The van der Waals surface area contributed by atoms with E-state index < -0.39 is 23.5 Å². The number of carbonyl (C=O) groups excluding carboxylic acids is 2. The van der Waals surface area contributed by atoms with Crippen molar-refractivity contribution in [2.45, 2.75) is 112 Å².